The molecule has 224 valence electrons. The lowest BCUT2D eigenvalue weighted by Gasteiger charge is -2.46. The molecule has 0 aromatic heterocycles. The third-order valence-electron chi connectivity index (χ3n) is 8.60. The van der Waals surface area contributed by atoms with Gasteiger partial charge in [-0.25, -0.2) is 5.53 Å². The molecule has 9 nitrogen and oxygen atoms in total. The molecule has 0 bridgehead atoms. The molecule has 2 aliphatic heterocycles. The Balaban J connectivity index is 1.40. The zero-order valence-corrected chi connectivity index (χ0v) is 24.1. The first-order valence-corrected chi connectivity index (χ1v) is 14.1. The van der Waals surface area contributed by atoms with Gasteiger partial charge >= 0.3 is 6.18 Å². The topological polar surface area (TPSA) is 110 Å². The maximum Gasteiger partial charge on any atom is 0.416 e. The van der Waals surface area contributed by atoms with Crippen molar-refractivity contribution < 1.29 is 22.8 Å². The van der Waals surface area contributed by atoms with Crippen molar-refractivity contribution in [2.24, 2.45) is 21.4 Å². The van der Waals surface area contributed by atoms with Crippen LogP contribution < -0.4 is 21.8 Å². The minimum absolute atomic E-state index is 0.116. The van der Waals surface area contributed by atoms with Crippen LogP contribution in [0.25, 0.3) is 0 Å². The SMILES string of the molecule is CC(c1ccc(C(=O)NCC2=NNNN2)cc1)N1C(=O)C(c2ccc(C(F)(F)F)cc2)=NC12CCC(C(C)(C)C)CC2. The van der Waals surface area contributed by atoms with E-state index in [1.807, 2.05) is 19.1 Å². The predicted octanol–water partition coefficient (Wildman–Crippen LogP) is 4.69. The Morgan fingerprint density at radius 1 is 1.07 bits per heavy atom. The fourth-order valence-electron chi connectivity index (χ4n) is 6.09. The lowest BCUT2D eigenvalue weighted by atomic mass is 9.69. The highest BCUT2D eigenvalue weighted by atomic mass is 19.4. The van der Waals surface area contributed by atoms with Gasteiger partial charge < -0.3 is 10.2 Å². The highest BCUT2D eigenvalue weighted by Gasteiger charge is 2.52. The summed E-state index contributed by atoms with van der Waals surface area (Å²) in [4.78, 5) is 33.5. The number of benzene rings is 2. The van der Waals surface area contributed by atoms with Gasteiger partial charge in [0.15, 0.2) is 5.84 Å². The van der Waals surface area contributed by atoms with Crippen LogP contribution in [0.5, 0.6) is 0 Å². The maximum absolute atomic E-state index is 14.0. The third-order valence-corrected chi connectivity index (χ3v) is 8.60. The van der Waals surface area contributed by atoms with Gasteiger partial charge in [0.25, 0.3) is 11.8 Å². The summed E-state index contributed by atoms with van der Waals surface area (Å²) in [5.74, 6) is 0.435. The number of carbonyl (C=O) groups is 2. The third kappa shape index (κ3) is 5.85. The Morgan fingerprint density at radius 3 is 2.26 bits per heavy atom. The molecule has 1 aliphatic carbocycles. The zero-order chi connectivity index (χ0) is 30.3. The Labute approximate surface area is 243 Å². The summed E-state index contributed by atoms with van der Waals surface area (Å²) in [6, 6.07) is 11.3. The van der Waals surface area contributed by atoms with Crippen molar-refractivity contribution in [2.45, 2.75) is 71.3 Å². The van der Waals surface area contributed by atoms with Crippen molar-refractivity contribution in [2.75, 3.05) is 6.54 Å². The van der Waals surface area contributed by atoms with Gasteiger partial charge in [-0.3, -0.25) is 20.0 Å². The van der Waals surface area contributed by atoms with Gasteiger partial charge in [0.1, 0.15) is 11.4 Å². The first-order valence-electron chi connectivity index (χ1n) is 14.1. The summed E-state index contributed by atoms with van der Waals surface area (Å²) in [5, 5.41) is 6.71. The van der Waals surface area contributed by atoms with E-state index < -0.39 is 17.4 Å². The lowest BCUT2D eigenvalue weighted by Crippen LogP contribution is -2.50. The molecular formula is C30H36F3N7O2. The lowest BCUT2D eigenvalue weighted by molar-refractivity contribution is -0.137. The van der Waals surface area contributed by atoms with E-state index in [1.54, 1.807) is 17.0 Å². The van der Waals surface area contributed by atoms with Crippen molar-refractivity contribution in [1.82, 2.24) is 26.7 Å². The van der Waals surface area contributed by atoms with Gasteiger partial charge in [0, 0.05) is 11.1 Å². The van der Waals surface area contributed by atoms with E-state index in [0.29, 0.717) is 35.7 Å². The Kier molecular flexibility index (Phi) is 7.78. The van der Waals surface area contributed by atoms with E-state index in [-0.39, 0.29) is 35.5 Å². The molecule has 2 amide bonds. The van der Waals surface area contributed by atoms with Crippen LogP contribution in [0.2, 0.25) is 0 Å². The number of halogens is 3. The van der Waals surface area contributed by atoms with Gasteiger partial charge in [0.2, 0.25) is 0 Å². The maximum atomic E-state index is 14.0. The number of amidine groups is 1. The average molecular weight is 584 g/mol. The van der Waals surface area contributed by atoms with Gasteiger partial charge in [-0.15, -0.1) is 10.6 Å². The summed E-state index contributed by atoms with van der Waals surface area (Å²) >= 11 is 0. The van der Waals surface area contributed by atoms with Crippen LogP contribution in [0.4, 0.5) is 13.2 Å². The van der Waals surface area contributed by atoms with E-state index >= 15 is 0 Å². The second-order valence-corrected chi connectivity index (χ2v) is 12.2. The summed E-state index contributed by atoms with van der Waals surface area (Å²) in [7, 11) is 0. The zero-order valence-electron chi connectivity index (χ0n) is 24.1. The molecule has 1 unspecified atom stereocenters. The molecule has 1 atom stereocenters. The monoisotopic (exact) mass is 583 g/mol. The van der Waals surface area contributed by atoms with E-state index in [2.05, 4.69) is 47.7 Å². The van der Waals surface area contributed by atoms with E-state index in [1.165, 1.54) is 12.1 Å². The molecule has 2 aromatic carbocycles. The molecular weight excluding hydrogens is 547 g/mol. The number of amides is 2. The Bertz CT molecular complexity index is 1390. The minimum atomic E-state index is -4.47. The average Bonchev–Trinajstić information content (AvgIpc) is 3.57. The largest absolute Gasteiger partial charge is 0.416 e. The highest BCUT2D eigenvalue weighted by Crippen LogP contribution is 2.49. The predicted molar refractivity (Wildman–Crippen MR) is 153 cm³/mol. The molecule has 1 fully saturated rings. The van der Waals surface area contributed by atoms with Gasteiger partial charge in [-0.05, 0) is 73.8 Å². The summed E-state index contributed by atoms with van der Waals surface area (Å²) in [6.45, 7) is 8.79. The molecule has 3 aliphatic rings. The van der Waals surface area contributed by atoms with Crippen LogP contribution in [-0.2, 0) is 11.0 Å². The Hall–Kier alpha value is -3.93. The second kappa shape index (κ2) is 11.0. The summed E-state index contributed by atoms with van der Waals surface area (Å²) < 4.78 is 39.6. The van der Waals surface area contributed by atoms with Crippen LogP contribution in [0, 0.1) is 11.3 Å². The van der Waals surface area contributed by atoms with Crippen molar-refractivity contribution in [3.05, 3.63) is 70.8 Å². The molecule has 2 aromatic rings. The summed E-state index contributed by atoms with van der Waals surface area (Å²) in [6.07, 6.45) is -1.37. The number of carbonyl (C=O) groups excluding carboxylic acids is 2. The number of hydrogen-bond acceptors (Lipinski definition) is 7. The van der Waals surface area contributed by atoms with Gasteiger partial charge in [-0.2, -0.15) is 13.2 Å². The molecule has 12 heteroatoms. The van der Waals surface area contributed by atoms with Gasteiger partial charge in [-0.1, -0.05) is 45.0 Å². The van der Waals surface area contributed by atoms with Crippen LogP contribution in [-0.4, -0.2) is 40.5 Å². The molecule has 4 N–H and O–H groups in total. The molecule has 5 rings (SSSR count). The standard InChI is InChI=1S/C30H36F3N7O2/c1-18(19-5-7-21(8-6-19)26(41)34-17-24-36-38-39-37-24)40-27(42)25(20-9-11-23(12-10-20)30(31,32)33)35-29(40)15-13-22(14-16-29)28(2,3)4/h5-12,18,22,38-39H,13-17H2,1-4H3,(H,34,41)(H,36,37). The number of nitrogens with one attached hydrogen (secondary N) is 4. The number of aliphatic imine (C=N–C) groups is 1. The van der Waals surface area contributed by atoms with E-state index in [9.17, 15) is 22.8 Å². The minimum Gasteiger partial charge on any atom is -0.345 e. The first-order chi connectivity index (χ1) is 19.8. The number of hydrazone groups is 1. The van der Waals surface area contributed by atoms with Crippen molar-refractivity contribution in [3.63, 3.8) is 0 Å². The van der Waals surface area contributed by atoms with Crippen molar-refractivity contribution >= 4 is 23.4 Å². The second-order valence-electron chi connectivity index (χ2n) is 12.2. The number of hydrogen-bond donors (Lipinski definition) is 4. The Morgan fingerprint density at radius 2 is 1.71 bits per heavy atom. The molecule has 0 radical (unpaired) electrons. The van der Waals surface area contributed by atoms with Crippen molar-refractivity contribution in [1.29, 1.82) is 0 Å². The number of hydrazine groups is 2. The molecule has 0 saturated heterocycles. The first kappa shape index (κ1) is 29.6. The molecule has 1 spiro atoms. The normalized spacial score (nSPS) is 23.3. The quantitative estimate of drug-likeness (QED) is 0.395. The highest BCUT2D eigenvalue weighted by molar-refractivity contribution is 6.46. The van der Waals surface area contributed by atoms with Crippen LogP contribution in [0.1, 0.15) is 86.5 Å². The number of rotatable bonds is 6. The molecule has 42 heavy (non-hydrogen) atoms. The van der Waals surface area contributed by atoms with Crippen LogP contribution in [0.15, 0.2) is 58.6 Å². The number of nitrogens with zero attached hydrogens (tertiary/aromatic N) is 3. The number of alkyl halides is 3. The van der Waals surface area contributed by atoms with Crippen LogP contribution >= 0.6 is 0 Å². The van der Waals surface area contributed by atoms with E-state index in [4.69, 9.17) is 4.99 Å². The van der Waals surface area contributed by atoms with Gasteiger partial charge in [0.05, 0.1) is 18.2 Å². The van der Waals surface area contributed by atoms with E-state index in [0.717, 1.165) is 30.5 Å². The van der Waals surface area contributed by atoms with Crippen molar-refractivity contribution in [3.8, 4) is 0 Å². The fourth-order valence-corrected chi connectivity index (χ4v) is 6.09. The molecule has 1 saturated carbocycles. The fraction of sp³-hybridized carbons (Fsp3) is 0.467. The smallest absolute Gasteiger partial charge is 0.345 e. The summed E-state index contributed by atoms with van der Waals surface area (Å²) in [5.41, 5.74) is 8.30. The van der Waals surface area contributed by atoms with Crippen LogP contribution in [0.3, 0.4) is 0 Å². The molecule has 2 heterocycles.